The fourth-order valence-corrected chi connectivity index (χ4v) is 1.95. The van der Waals surface area contributed by atoms with Crippen molar-refractivity contribution in [2.24, 2.45) is 5.73 Å². The minimum atomic E-state index is 0.282. The summed E-state index contributed by atoms with van der Waals surface area (Å²) < 4.78 is 0. The highest BCUT2D eigenvalue weighted by atomic mass is 32.1. The van der Waals surface area contributed by atoms with Crippen LogP contribution in [0, 0.1) is 0 Å². The zero-order chi connectivity index (χ0) is 10.4. The molecule has 1 rings (SSSR count). The van der Waals surface area contributed by atoms with Crippen LogP contribution in [-0.4, -0.2) is 17.6 Å². The molecule has 0 aliphatic carbocycles. The topological polar surface area (TPSA) is 50.9 Å². The van der Waals surface area contributed by atoms with Crippen molar-refractivity contribution >= 4 is 11.3 Å². The number of nitrogens with one attached hydrogen (secondary N) is 1. The summed E-state index contributed by atoms with van der Waals surface area (Å²) in [5.41, 5.74) is 5.64. The molecule has 1 heterocycles. The number of rotatable bonds is 6. The lowest BCUT2D eigenvalue weighted by Gasteiger charge is -2.04. The first kappa shape index (κ1) is 11.6. The van der Waals surface area contributed by atoms with Crippen LogP contribution in [0.25, 0.3) is 0 Å². The maximum absolute atomic E-state index is 5.64. The van der Waals surface area contributed by atoms with Crippen molar-refractivity contribution in [1.82, 2.24) is 10.3 Å². The average molecular weight is 213 g/mol. The van der Waals surface area contributed by atoms with E-state index in [0.29, 0.717) is 0 Å². The van der Waals surface area contributed by atoms with Crippen molar-refractivity contribution in [2.75, 3.05) is 6.54 Å². The normalized spacial score (nSPS) is 13.1. The van der Waals surface area contributed by atoms with E-state index >= 15 is 0 Å². The molecule has 3 N–H and O–H groups in total. The van der Waals surface area contributed by atoms with E-state index in [1.165, 1.54) is 9.88 Å². The Labute approximate surface area is 89.7 Å². The molecule has 0 radical (unpaired) electrons. The Hall–Kier alpha value is -0.450. The molecule has 0 bridgehead atoms. The van der Waals surface area contributed by atoms with Crippen molar-refractivity contribution in [2.45, 2.75) is 39.3 Å². The number of aromatic nitrogens is 1. The van der Waals surface area contributed by atoms with Crippen molar-refractivity contribution < 1.29 is 0 Å². The van der Waals surface area contributed by atoms with E-state index in [1.54, 1.807) is 11.3 Å². The first-order valence-corrected chi connectivity index (χ1v) is 5.94. The van der Waals surface area contributed by atoms with Crippen LogP contribution in [0.5, 0.6) is 0 Å². The molecule has 0 saturated heterocycles. The fraction of sp³-hybridized carbons (Fsp3) is 0.700. The largest absolute Gasteiger partial charge is 0.328 e. The van der Waals surface area contributed by atoms with E-state index in [0.717, 1.165) is 25.9 Å². The third-order valence-corrected chi connectivity index (χ3v) is 3.14. The molecule has 1 atom stereocenters. The number of thiazole rings is 1. The maximum Gasteiger partial charge on any atom is 0.107 e. The third kappa shape index (κ3) is 4.17. The summed E-state index contributed by atoms with van der Waals surface area (Å²) in [6.07, 6.45) is 4.07. The molecular weight excluding hydrogens is 194 g/mol. The summed E-state index contributed by atoms with van der Waals surface area (Å²) in [5, 5.41) is 4.51. The van der Waals surface area contributed by atoms with Crippen molar-refractivity contribution in [3.63, 3.8) is 0 Å². The molecule has 0 amide bonds. The van der Waals surface area contributed by atoms with Gasteiger partial charge in [0.05, 0.1) is 0 Å². The molecule has 80 valence electrons. The van der Waals surface area contributed by atoms with Gasteiger partial charge in [0.2, 0.25) is 0 Å². The van der Waals surface area contributed by atoms with Crippen LogP contribution >= 0.6 is 11.3 Å². The number of hydrogen-bond acceptors (Lipinski definition) is 4. The monoisotopic (exact) mass is 213 g/mol. The summed E-state index contributed by atoms with van der Waals surface area (Å²) in [6.45, 7) is 6.02. The van der Waals surface area contributed by atoms with E-state index in [9.17, 15) is 0 Å². The number of hydrogen-bond donors (Lipinski definition) is 2. The van der Waals surface area contributed by atoms with E-state index in [-0.39, 0.29) is 6.04 Å². The SMILES string of the molecule is CCc1cnc(CNCCC(C)N)s1. The summed E-state index contributed by atoms with van der Waals surface area (Å²) in [5.74, 6) is 0. The van der Waals surface area contributed by atoms with Gasteiger partial charge in [-0.3, -0.25) is 0 Å². The highest BCUT2D eigenvalue weighted by Gasteiger charge is 1.99. The zero-order valence-electron chi connectivity index (χ0n) is 8.92. The van der Waals surface area contributed by atoms with Crippen LogP contribution in [0.15, 0.2) is 6.20 Å². The van der Waals surface area contributed by atoms with Gasteiger partial charge in [0.15, 0.2) is 0 Å². The lowest BCUT2D eigenvalue weighted by atomic mass is 10.2. The van der Waals surface area contributed by atoms with Crippen LogP contribution in [0.2, 0.25) is 0 Å². The fourth-order valence-electron chi connectivity index (χ4n) is 1.12. The second-order valence-corrected chi connectivity index (χ2v) is 4.72. The molecule has 1 aromatic rings. The van der Waals surface area contributed by atoms with Gasteiger partial charge < -0.3 is 11.1 Å². The van der Waals surface area contributed by atoms with Gasteiger partial charge in [-0.1, -0.05) is 6.92 Å². The average Bonchev–Trinajstić information content (AvgIpc) is 2.60. The maximum atomic E-state index is 5.64. The molecule has 0 saturated carbocycles. The molecule has 0 aliphatic rings. The molecule has 1 unspecified atom stereocenters. The first-order chi connectivity index (χ1) is 6.72. The molecule has 0 aliphatic heterocycles. The van der Waals surface area contributed by atoms with Crippen molar-refractivity contribution in [1.29, 1.82) is 0 Å². The Balaban J connectivity index is 2.18. The number of nitrogens with zero attached hydrogens (tertiary/aromatic N) is 1. The Morgan fingerprint density at radius 1 is 1.64 bits per heavy atom. The molecule has 0 fully saturated rings. The summed E-state index contributed by atoms with van der Waals surface area (Å²) in [4.78, 5) is 5.68. The molecular formula is C10H19N3S. The van der Waals surface area contributed by atoms with Gasteiger partial charge in [-0.2, -0.15) is 0 Å². The van der Waals surface area contributed by atoms with Crippen LogP contribution in [-0.2, 0) is 13.0 Å². The summed E-state index contributed by atoms with van der Waals surface area (Å²) in [7, 11) is 0. The van der Waals surface area contributed by atoms with E-state index in [1.807, 2.05) is 13.1 Å². The highest BCUT2D eigenvalue weighted by Crippen LogP contribution is 2.12. The Bertz CT molecular complexity index is 258. The van der Waals surface area contributed by atoms with Gasteiger partial charge in [-0.15, -0.1) is 11.3 Å². The molecule has 0 aromatic carbocycles. The Morgan fingerprint density at radius 3 is 3.00 bits per heavy atom. The second kappa shape index (κ2) is 6.11. The van der Waals surface area contributed by atoms with Crippen molar-refractivity contribution in [3.05, 3.63) is 16.1 Å². The van der Waals surface area contributed by atoms with Crippen molar-refractivity contribution in [3.8, 4) is 0 Å². The lowest BCUT2D eigenvalue weighted by molar-refractivity contribution is 0.588. The van der Waals surface area contributed by atoms with Crippen LogP contribution < -0.4 is 11.1 Å². The third-order valence-electron chi connectivity index (χ3n) is 2.00. The van der Waals surface area contributed by atoms with Gasteiger partial charge in [-0.25, -0.2) is 4.98 Å². The van der Waals surface area contributed by atoms with Crippen LogP contribution in [0.4, 0.5) is 0 Å². The molecule has 1 aromatic heterocycles. The van der Waals surface area contributed by atoms with Crippen LogP contribution in [0.3, 0.4) is 0 Å². The van der Waals surface area contributed by atoms with E-state index in [4.69, 9.17) is 5.73 Å². The molecule has 3 nitrogen and oxygen atoms in total. The molecule has 4 heteroatoms. The van der Waals surface area contributed by atoms with E-state index in [2.05, 4.69) is 17.2 Å². The van der Waals surface area contributed by atoms with Crippen LogP contribution in [0.1, 0.15) is 30.2 Å². The summed E-state index contributed by atoms with van der Waals surface area (Å²) in [6, 6.07) is 0.282. The molecule has 14 heavy (non-hydrogen) atoms. The number of nitrogens with two attached hydrogens (primary N) is 1. The quantitative estimate of drug-likeness (QED) is 0.705. The Morgan fingerprint density at radius 2 is 2.43 bits per heavy atom. The van der Waals surface area contributed by atoms with Gasteiger partial charge in [0.25, 0.3) is 0 Å². The standard InChI is InChI=1S/C10H19N3S/c1-3-9-6-13-10(14-9)7-12-5-4-8(2)11/h6,8,12H,3-5,7,11H2,1-2H3. The summed E-state index contributed by atoms with van der Waals surface area (Å²) >= 11 is 1.79. The van der Waals surface area contributed by atoms with Gasteiger partial charge in [-0.05, 0) is 26.3 Å². The van der Waals surface area contributed by atoms with Gasteiger partial charge in [0.1, 0.15) is 5.01 Å². The minimum Gasteiger partial charge on any atom is -0.328 e. The van der Waals surface area contributed by atoms with Gasteiger partial charge in [0, 0.05) is 23.7 Å². The minimum absolute atomic E-state index is 0.282. The first-order valence-electron chi connectivity index (χ1n) is 5.12. The smallest absolute Gasteiger partial charge is 0.107 e. The molecule has 0 spiro atoms. The van der Waals surface area contributed by atoms with E-state index < -0.39 is 0 Å². The Kier molecular flexibility index (Phi) is 5.07. The predicted octanol–water partition coefficient (Wildman–Crippen LogP) is 1.53. The van der Waals surface area contributed by atoms with Gasteiger partial charge >= 0.3 is 0 Å². The lowest BCUT2D eigenvalue weighted by Crippen LogP contribution is -2.23. The zero-order valence-corrected chi connectivity index (χ0v) is 9.73. The number of aryl methyl sites for hydroxylation is 1. The highest BCUT2D eigenvalue weighted by molar-refractivity contribution is 7.11. The predicted molar refractivity (Wildman–Crippen MR) is 61.5 cm³/mol. The second-order valence-electron chi connectivity index (χ2n) is 3.52.